The molecule has 8 atom stereocenters. The summed E-state index contributed by atoms with van der Waals surface area (Å²) in [6, 6.07) is 17.9. The van der Waals surface area contributed by atoms with E-state index in [1.54, 1.807) is 50.2 Å². The van der Waals surface area contributed by atoms with Crippen molar-refractivity contribution in [3.05, 3.63) is 124 Å². The maximum atomic E-state index is 14.4. The molecule has 4 heterocycles. The van der Waals surface area contributed by atoms with Crippen LogP contribution in [0.4, 0.5) is 16.2 Å². The summed E-state index contributed by atoms with van der Waals surface area (Å²) in [6.45, 7) is 14.1. The number of halogens is 1. The van der Waals surface area contributed by atoms with Crippen LogP contribution in [-0.2, 0) is 79.6 Å². The van der Waals surface area contributed by atoms with Crippen molar-refractivity contribution in [1.82, 2.24) is 20.4 Å². The highest BCUT2D eigenvalue weighted by molar-refractivity contribution is 6.35. The molecule has 0 radical (unpaired) electrons. The SMILES string of the molecule is C=C[C@@H]1[C@@H]2C[C@@](O)(NC(=O)O2)[C@H](OC)/C=C/C=C(/C)Cc2cc(OC)c(Cl)c(c2)N(C)C(=O)C[C@H](OC(=O)[C@H](C)N(C)C(=O)CCCC(=O)N(C)CCOCCOCCOCCOCCC(=O)NCCC(=O)N2Cc3ccccc3/C(N)=C(/C)c3ccccc32)[C@]2(C)O[C@@H]12. The van der Waals surface area contributed by atoms with E-state index in [9.17, 15) is 38.7 Å². The second kappa shape index (κ2) is 34.6. The minimum absolute atomic E-state index is 0.0540. The van der Waals surface area contributed by atoms with Gasteiger partial charge >= 0.3 is 12.1 Å². The molecule has 512 valence electrons. The van der Waals surface area contributed by atoms with E-state index < -0.39 is 78.0 Å². The number of alkyl carbamates (subject to hydrolysis) is 1. The van der Waals surface area contributed by atoms with Crippen LogP contribution in [0.3, 0.4) is 0 Å². The number of likely N-dealkylation sites (N-methyl/N-ethyl adjacent to an activating group) is 2. The first-order valence-corrected chi connectivity index (χ1v) is 32.1. The van der Waals surface area contributed by atoms with Crippen LogP contribution in [0, 0.1) is 5.92 Å². The van der Waals surface area contributed by atoms with Crippen molar-refractivity contribution in [2.24, 2.45) is 11.7 Å². The van der Waals surface area contributed by atoms with E-state index in [-0.39, 0.29) is 94.2 Å². The monoisotopic (exact) mass is 1330 g/mol. The van der Waals surface area contributed by atoms with Crippen LogP contribution in [0.5, 0.6) is 5.75 Å². The third-order valence-corrected chi connectivity index (χ3v) is 17.9. The van der Waals surface area contributed by atoms with E-state index in [0.717, 1.165) is 39.1 Å². The van der Waals surface area contributed by atoms with Crippen molar-refractivity contribution in [2.75, 3.05) is 111 Å². The number of para-hydroxylation sites is 1. The maximum absolute atomic E-state index is 14.4. The van der Waals surface area contributed by atoms with Crippen LogP contribution in [-0.4, -0.2) is 200 Å². The number of rotatable bonds is 28. The van der Waals surface area contributed by atoms with E-state index in [2.05, 4.69) is 17.2 Å². The quantitative estimate of drug-likeness (QED) is 0.0256. The molecule has 94 heavy (non-hydrogen) atoms. The van der Waals surface area contributed by atoms with Gasteiger partial charge in [0.1, 0.15) is 46.8 Å². The van der Waals surface area contributed by atoms with Crippen LogP contribution in [0.2, 0.25) is 5.02 Å². The number of hydrogen-bond donors (Lipinski definition) is 4. The number of fused-ring (bicyclic) bond motifs is 7. The van der Waals surface area contributed by atoms with Crippen molar-refractivity contribution in [3.8, 4) is 5.75 Å². The summed E-state index contributed by atoms with van der Waals surface area (Å²) in [4.78, 5) is 100. The largest absolute Gasteiger partial charge is 0.495 e. The lowest BCUT2D eigenvalue weighted by molar-refractivity contribution is -0.162. The first-order chi connectivity index (χ1) is 44.9. The Bertz CT molecular complexity index is 3290. The van der Waals surface area contributed by atoms with Gasteiger partial charge in [0, 0.05) is 96.2 Å². The number of benzene rings is 3. The molecule has 2 saturated heterocycles. The lowest BCUT2D eigenvalue weighted by atomic mass is 9.82. The van der Waals surface area contributed by atoms with E-state index in [1.807, 2.05) is 68.5 Å². The molecule has 4 aliphatic heterocycles. The second-order valence-electron chi connectivity index (χ2n) is 24.0. The van der Waals surface area contributed by atoms with Gasteiger partial charge in [-0.15, -0.1) is 6.58 Å². The average Bonchev–Trinajstić information content (AvgIpc) is 1.56. The minimum Gasteiger partial charge on any atom is -0.495 e. The zero-order valence-electron chi connectivity index (χ0n) is 55.4. The molecule has 3 aromatic rings. The van der Waals surface area contributed by atoms with Crippen molar-refractivity contribution in [3.63, 3.8) is 0 Å². The van der Waals surface area contributed by atoms with Crippen LogP contribution in [0.1, 0.15) is 94.9 Å². The Labute approximate surface area is 555 Å². The summed E-state index contributed by atoms with van der Waals surface area (Å²) in [7, 11) is 7.50. The summed E-state index contributed by atoms with van der Waals surface area (Å²) in [6.07, 6.45) is 1.94. The fourth-order valence-corrected chi connectivity index (χ4v) is 11.9. The number of nitrogens with one attached hydrogen (secondary N) is 2. The van der Waals surface area contributed by atoms with Crippen LogP contribution in [0.15, 0.2) is 97.1 Å². The summed E-state index contributed by atoms with van der Waals surface area (Å²) in [5.41, 5.74) is 10.3. The second-order valence-corrected chi connectivity index (χ2v) is 24.4. The molecule has 0 unspecified atom stereocenters. The van der Waals surface area contributed by atoms with Gasteiger partial charge in [-0.1, -0.05) is 83.9 Å². The number of anilines is 2. The van der Waals surface area contributed by atoms with Crippen molar-refractivity contribution < 1.29 is 81.3 Å². The van der Waals surface area contributed by atoms with E-state index >= 15 is 0 Å². The van der Waals surface area contributed by atoms with Gasteiger partial charge in [-0.2, -0.15) is 0 Å². The topological polar surface area (TPSA) is 289 Å². The van der Waals surface area contributed by atoms with Gasteiger partial charge in [-0.25, -0.2) is 9.59 Å². The fraction of sp³-hybridized carbons (Fsp3) is 0.522. The number of nitrogens with two attached hydrogens (primary N) is 1. The number of amides is 6. The number of carbonyl (C=O) groups is 7. The highest BCUT2D eigenvalue weighted by Gasteiger charge is 2.65. The number of epoxide rings is 1. The number of allylic oxidation sites excluding steroid dienone is 4. The van der Waals surface area contributed by atoms with Gasteiger partial charge in [-0.05, 0) is 75.4 Å². The number of methoxy groups -OCH3 is 2. The Morgan fingerprint density at radius 3 is 2.22 bits per heavy atom. The Morgan fingerprint density at radius 2 is 1.54 bits per heavy atom. The van der Waals surface area contributed by atoms with E-state index in [4.69, 9.17) is 60.0 Å². The molecule has 24 nitrogen and oxygen atoms in total. The molecule has 4 aliphatic rings. The van der Waals surface area contributed by atoms with E-state index in [0.29, 0.717) is 63.1 Å². The molecule has 0 saturated carbocycles. The van der Waals surface area contributed by atoms with E-state index in [1.165, 1.54) is 49.0 Å². The summed E-state index contributed by atoms with van der Waals surface area (Å²) in [5.74, 6) is -2.76. The first-order valence-electron chi connectivity index (χ1n) is 31.7. The maximum Gasteiger partial charge on any atom is 0.409 e. The number of hydrogen-bond acceptors (Lipinski definition) is 18. The summed E-state index contributed by atoms with van der Waals surface area (Å²) in [5, 5.41) is 17.4. The number of nitrogens with zero attached hydrogens (tertiary/aromatic N) is 4. The Hall–Kier alpha value is -7.68. The van der Waals surface area contributed by atoms with Gasteiger partial charge in [0.2, 0.25) is 29.5 Å². The molecule has 7 rings (SSSR count). The van der Waals surface area contributed by atoms with Gasteiger partial charge in [0.25, 0.3) is 0 Å². The minimum atomic E-state index is -1.93. The number of ether oxygens (including phenoxy) is 9. The van der Waals surface area contributed by atoms with Gasteiger partial charge < -0.3 is 78.4 Å². The smallest absolute Gasteiger partial charge is 0.409 e. The van der Waals surface area contributed by atoms with Crippen molar-refractivity contribution >= 4 is 75.8 Å². The van der Waals surface area contributed by atoms with Crippen molar-refractivity contribution in [1.29, 1.82) is 0 Å². The van der Waals surface area contributed by atoms with Crippen LogP contribution < -0.4 is 30.9 Å². The highest BCUT2D eigenvalue weighted by atomic mass is 35.5. The van der Waals surface area contributed by atoms with Gasteiger partial charge in [0.05, 0.1) is 84.3 Å². The lowest BCUT2D eigenvalue weighted by Gasteiger charge is -2.42. The fourth-order valence-electron chi connectivity index (χ4n) is 11.6. The number of esters is 1. The third kappa shape index (κ3) is 19.3. The molecule has 6 amide bonds. The standard InChI is InChI=1S/C69H92ClN7O17/c1-11-49-55-42-69(85,73-67(84)92-55)56(87-10)23-16-18-44(2)38-47-39-53(63(70)54(40-47)86-9)76(8)62(82)41-57(68(5)65(49)94-68)93-66(83)46(4)75(7)60(80)25-17-24-59(79)74(6)29-31-89-33-35-91-37-36-90-34-32-88-30-27-58(78)72-28-26-61(81)77-43-48-19-12-13-21-51(48)64(71)45(3)50-20-14-15-22-52(50)77/h11-16,18-23,39-40,46,49,55-57,65,85H,1,17,24-38,41-43,71H2,2-10H3,(H,72,78)(H,73,84)/b23-16+,44-18-,64-45+/t46-,49+,55-,56+,57-,65-,68-,69-/m0/s1. The molecule has 0 aromatic heterocycles. The van der Waals surface area contributed by atoms with Gasteiger partial charge in [0.15, 0.2) is 5.72 Å². The number of aliphatic hydroxyl groups is 1. The third-order valence-electron chi connectivity index (χ3n) is 17.5. The molecule has 5 N–H and O–H groups in total. The average molecular weight is 1330 g/mol. The molecule has 0 aliphatic carbocycles. The Kier molecular flexibility index (Phi) is 27.2. The molecular formula is C69H92ClN7O17. The molecular weight excluding hydrogens is 1230 g/mol. The molecule has 0 spiro atoms. The van der Waals surface area contributed by atoms with Crippen molar-refractivity contribution in [2.45, 2.75) is 127 Å². The zero-order chi connectivity index (χ0) is 68.3. The predicted molar refractivity (Wildman–Crippen MR) is 353 cm³/mol. The lowest BCUT2D eigenvalue weighted by Crippen LogP contribution is -2.63. The first kappa shape index (κ1) is 73.7. The Balaban J connectivity index is 0.778. The van der Waals surface area contributed by atoms with Gasteiger partial charge in [-0.3, -0.25) is 29.3 Å². The highest BCUT2D eigenvalue weighted by Crippen LogP contribution is 2.50. The number of carbonyl (C=O) groups excluding carboxylic acids is 7. The summed E-state index contributed by atoms with van der Waals surface area (Å²) < 4.78 is 52.0. The van der Waals surface area contributed by atoms with Crippen LogP contribution in [0.25, 0.3) is 11.3 Å². The molecule has 3 aromatic carbocycles. The molecule has 2 fully saturated rings. The molecule has 25 heteroatoms. The normalized spacial score (nSPS) is 24.0. The summed E-state index contributed by atoms with van der Waals surface area (Å²) >= 11 is 6.84. The van der Waals surface area contributed by atoms with Crippen LogP contribution >= 0.6 is 11.6 Å². The predicted octanol–water partition coefficient (Wildman–Crippen LogP) is 6.67. The molecule has 4 bridgehead atoms. The zero-order valence-corrected chi connectivity index (χ0v) is 56.2. The Morgan fingerprint density at radius 1 is 0.894 bits per heavy atom.